The quantitative estimate of drug-likeness (QED) is 0.658. The average Bonchev–Trinajstić information content (AvgIpc) is 2.78. The maximum absolute atomic E-state index is 12.0. The first kappa shape index (κ1) is 13.2. The van der Waals surface area contributed by atoms with E-state index in [0.29, 0.717) is 13.2 Å². The highest BCUT2D eigenvalue weighted by atomic mass is 35.5. The summed E-state index contributed by atoms with van der Waals surface area (Å²) >= 11 is 5.85. The molecular weight excluding hydrogens is 250 g/mol. The third-order valence-corrected chi connectivity index (χ3v) is 3.31. The Balaban J connectivity index is 1.84. The predicted molar refractivity (Wildman–Crippen MR) is 72.2 cm³/mol. The van der Waals surface area contributed by atoms with Crippen LogP contribution < -0.4 is 10.1 Å². The summed E-state index contributed by atoms with van der Waals surface area (Å²) in [6, 6.07) is 7.70. The summed E-state index contributed by atoms with van der Waals surface area (Å²) in [7, 11) is 0. The second-order valence-electron chi connectivity index (χ2n) is 4.62. The zero-order valence-electron chi connectivity index (χ0n) is 10.5. The maximum Gasteiger partial charge on any atom is 0.231 e. The van der Waals surface area contributed by atoms with Crippen LogP contribution in [0.25, 0.3) is 0 Å². The van der Waals surface area contributed by atoms with Crippen LogP contribution in [-0.2, 0) is 4.79 Å². The summed E-state index contributed by atoms with van der Waals surface area (Å²) in [5, 5.41) is 3.11. The van der Waals surface area contributed by atoms with Crippen molar-refractivity contribution in [1.82, 2.24) is 5.32 Å². The largest absolute Gasteiger partial charge is 0.492 e. The zero-order valence-corrected chi connectivity index (χ0v) is 11.2. The molecule has 0 spiro atoms. The van der Waals surface area contributed by atoms with E-state index in [1.165, 1.54) is 0 Å². The monoisotopic (exact) mass is 267 g/mol. The van der Waals surface area contributed by atoms with Crippen LogP contribution in [0.2, 0.25) is 0 Å². The van der Waals surface area contributed by atoms with Gasteiger partial charge in [-0.2, -0.15) is 0 Å². The molecule has 18 heavy (non-hydrogen) atoms. The molecule has 1 amide bonds. The highest BCUT2D eigenvalue weighted by molar-refractivity contribution is 6.20. The number of para-hydroxylation sites is 1. The number of ether oxygens (including phenoxy) is 1. The topological polar surface area (TPSA) is 38.3 Å². The Morgan fingerprint density at radius 3 is 3.11 bits per heavy atom. The lowest BCUT2D eigenvalue weighted by atomic mass is 10.0. The molecule has 1 aromatic carbocycles. The Kier molecular flexibility index (Phi) is 4.48. The summed E-state index contributed by atoms with van der Waals surface area (Å²) in [5.74, 6) is 0.698. The van der Waals surface area contributed by atoms with Gasteiger partial charge in [-0.15, -0.1) is 11.6 Å². The van der Waals surface area contributed by atoms with Gasteiger partial charge in [0.15, 0.2) is 0 Å². The standard InChI is InChI=1S/C14H18ClNO2/c1-10(15)5-4-8-16-14(17)12-9-18-13-7-3-2-6-11(12)13/h2-3,6-7,10,12H,4-5,8-9H2,1H3,(H,16,17). The Labute approximate surface area is 112 Å². The van der Waals surface area contributed by atoms with E-state index in [1.807, 2.05) is 31.2 Å². The van der Waals surface area contributed by atoms with Gasteiger partial charge >= 0.3 is 0 Å². The molecule has 0 radical (unpaired) electrons. The van der Waals surface area contributed by atoms with Crippen molar-refractivity contribution in [1.29, 1.82) is 0 Å². The van der Waals surface area contributed by atoms with Crippen molar-refractivity contribution in [2.45, 2.75) is 31.1 Å². The van der Waals surface area contributed by atoms with Gasteiger partial charge in [-0.05, 0) is 25.8 Å². The van der Waals surface area contributed by atoms with Gasteiger partial charge in [-0.3, -0.25) is 4.79 Å². The van der Waals surface area contributed by atoms with Gasteiger partial charge in [0, 0.05) is 17.5 Å². The number of halogens is 1. The smallest absolute Gasteiger partial charge is 0.231 e. The lowest BCUT2D eigenvalue weighted by molar-refractivity contribution is -0.122. The fourth-order valence-corrected chi connectivity index (χ4v) is 2.25. The molecule has 0 saturated carbocycles. The van der Waals surface area contributed by atoms with E-state index >= 15 is 0 Å². The summed E-state index contributed by atoms with van der Waals surface area (Å²) < 4.78 is 5.49. The van der Waals surface area contributed by atoms with E-state index in [4.69, 9.17) is 16.3 Å². The number of rotatable bonds is 5. The molecule has 2 unspecified atom stereocenters. The van der Waals surface area contributed by atoms with Crippen LogP contribution in [-0.4, -0.2) is 24.4 Å². The van der Waals surface area contributed by atoms with Crippen LogP contribution in [0.3, 0.4) is 0 Å². The predicted octanol–water partition coefficient (Wildman–Crippen LogP) is 2.69. The van der Waals surface area contributed by atoms with Gasteiger partial charge < -0.3 is 10.1 Å². The number of alkyl halides is 1. The van der Waals surface area contributed by atoms with Gasteiger partial charge in [0.05, 0.1) is 0 Å². The van der Waals surface area contributed by atoms with E-state index in [1.54, 1.807) is 0 Å². The average molecular weight is 268 g/mol. The number of hydrogen-bond acceptors (Lipinski definition) is 2. The maximum atomic E-state index is 12.0. The molecule has 4 heteroatoms. The van der Waals surface area contributed by atoms with E-state index in [2.05, 4.69) is 5.32 Å². The number of carbonyl (C=O) groups is 1. The van der Waals surface area contributed by atoms with Crippen LogP contribution in [0.1, 0.15) is 31.2 Å². The lowest BCUT2D eigenvalue weighted by Crippen LogP contribution is -2.31. The Bertz CT molecular complexity index is 420. The minimum Gasteiger partial charge on any atom is -0.492 e. The molecular formula is C14H18ClNO2. The second-order valence-corrected chi connectivity index (χ2v) is 5.36. The third kappa shape index (κ3) is 3.16. The second kappa shape index (κ2) is 6.10. The van der Waals surface area contributed by atoms with Crippen LogP contribution in [0.5, 0.6) is 5.75 Å². The van der Waals surface area contributed by atoms with Gasteiger partial charge in [-0.1, -0.05) is 18.2 Å². The third-order valence-electron chi connectivity index (χ3n) is 3.09. The normalized spacial score (nSPS) is 18.9. The number of amides is 1. The first-order chi connectivity index (χ1) is 8.68. The molecule has 0 saturated heterocycles. The van der Waals surface area contributed by atoms with E-state index in [0.717, 1.165) is 24.2 Å². The molecule has 2 rings (SSSR count). The van der Waals surface area contributed by atoms with Crippen LogP contribution in [0.15, 0.2) is 24.3 Å². The molecule has 1 aromatic rings. The Hall–Kier alpha value is -1.22. The van der Waals surface area contributed by atoms with Gasteiger partial charge in [-0.25, -0.2) is 0 Å². The molecule has 1 aliphatic rings. The Morgan fingerprint density at radius 2 is 2.33 bits per heavy atom. The summed E-state index contributed by atoms with van der Waals surface area (Å²) in [6.07, 6.45) is 1.82. The van der Waals surface area contributed by atoms with Crippen molar-refractivity contribution in [2.24, 2.45) is 0 Å². The molecule has 0 aliphatic carbocycles. The fourth-order valence-electron chi connectivity index (χ4n) is 2.10. The molecule has 98 valence electrons. The fraction of sp³-hybridized carbons (Fsp3) is 0.500. The van der Waals surface area contributed by atoms with Crippen molar-refractivity contribution < 1.29 is 9.53 Å². The van der Waals surface area contributed by atoms with Crippen LogP contribution in [0.4, 0.5) is 0 Å². The van der Waals surface area contributed by atoms with Crippen molar-refractivity contribution in [3.05, 3.63) is 29.8 Å². The SMILES string of the molecule is CC(Cl)CCCNC(=O)C1COc2ccccc21. The van der Waals surface area contributed by atoms with Crippen molar-refractivity contribution >= 4 is 17.5 Å². The Morgan fingerprint density at radius 1 is 1.56 bits per heavy atom. The van der Waals surface area contributed by atoms with Crippen molar-refractivity contribution in [3.8, 4) is 5.75 Å². The molecule has 1 aliphatic heterocycles. The first-order valence-corrected chi connectivity index (χ1v) is 6.75. The van der Waals surface area contributed by atoms with Crippen molar-refractivity contribution in [2.75, 3.05) is 13.2 Å². The first-order valence-electron chi connectivity index (χ1n) is 6.32. The van der Waals surface area contributed by atoms with Crippen LogP contribution >= 0.6 is 11.6 Å². The summed E-state index contributed by atoms with van der Waals surface area (Å²) in [4.78, 5) is 12.0. The number of nitrogens with one attached hydrogen (secondary N) is 1. The summed E-state index contributed by atoms with van der Waals surface area (Å²) in [5.41, 5.74) is 0.987. The van der Waals surface area contributed by atoms with Crippen molar-refractivity contribution in [3.63, 3.8) is 0 Å². The number of hydrogen-bond donors (Lipinski definition) is 1. The summed E-state index contributed by atoms with van der Waals surface area (Å²) in [6.45, 7) is 3.08. The molecule has 0 aromatic heterocycles. The zero-order chi connectivity index (χ0) is 13.0. The molecule has 0 bridgehead atoms. The minimum absolute atomic E-state index is 0.0437. The molecule has 1 heterocycles. The van der Waals surface area contributed by atoms with Crippen LogP contribution in [0, 0.1) is 0 Å². The van der Waals surface area contributed by atoms with E-state index in [9.17, 15) is 4.79 Å². The van der Waals surface area contributed by atoms with Gasteiger partial charge in [0.1, 0.15) is 18.3 Å². The minimum atomic E-state index is -0.172. The molecule has 0 fully saturated rings. The lowest BCUT2D eigenvalue weighted by Gasteiger charge is -2.10. The molecule has 1 N–H and O–H groups in total. The van der Waals surface area contributed by atoms with E-state index < -0.39 is 0 Å². The number of benzene rings is 1. The highest BCUT2D eigenvalue weighted by Gasteiger charge is 2.29. The number of fused-ring (bicyclic) bond motifs is 1. The van der Waals surface area contributed by atoms with Gasteiger partial charge in [0.25, 0.3) is 0 Å². The molecule has 2 atom stereocenters. The van der Waals surface area contributed by atoms with Gasteiger partial charge in [0.2, 0.25) is 5.91 Å². The molecule has 3 nitrogen and oxygen atoms in total. The number of carbonyl (C=O) groups excluding carboxylic acids is 1. The van der Waals surface area contributed by atoms with E-state index in [-0.39, 0.29) is 17.2 Å². The highest BCUT2D eigenvalue weighted by Crippen LogP contribution is 2.33.